The van der Waals surface area contributed by atoms with Crippen molar-refractivity contribution in [2.75, 3.05) is 13.2 Å². The molecule has 0 saturated heterocycles. The van der Waals surface area contributed by atoms with Crippen molar-refractivity contribution < 1.29 is 9.16 Å². The van der Waals surface area contributed by atoms with Crippen molar-refractivity contribution >= 4 is 6.29 Å². The molecule has 0 aromatic rings. The molecule has 0 aliphatic heterocycles. The molecule has 0 amide bonds. The lowest BCUT2D eigenvalue weighted by molar-refractivity contribution is -0.0215. The summed E-state index contributed by atoms with van der Waals surface area (Å²) in [6.45, 7) is 5.42. The summed E-state index contributed by atoms with van der Waals surface area (Å²) < 4.78 is 11.2. The van der Waals surface area contributed by atoms with Gasteiger partial charge in [0.05, 0.1) is 0 Å². The van der Waals surface area contributed by atoms with Crippen LogP contribution in [-0.2, 0) is 9.16 Å². The first-order valence-corrected chi connectivity index (χ1v) is 5.52. The Kier molecular flexibility index (Phi) is 2.73. The molecule has 14 heavy (non-hydrogen) atoms. The van der Waals surface area contributed by atoms with Crippen LogP contribution in [0.4, 0.5) is 0 Å². The van der Waals surface area contributed by atoms with Crippen LogP contribution in [0.2, 0.25) is 0 Å². The van der Waals surface area contributed by atoms with E-state index in [1.54, 1.807) is 0 Å². The van der Waals surface area contributed by atoms with Crippen LogP contribution >= 0.6 is 0 Å². The highest BCUT2D eigenvalue weighted by atomic mass is 16.5. The van der Waals surface area contributed by atoms with Gasteiger partial charge in [-0.3, -0.25) is 0 Å². The van der Waals surface area contributed by atoms with Gasteiger partial charge in [0.15, 0.2) is 0 Å². The van der Waals surface area contributed by atoms with Crippen molar-refractivity contribution in [3.63, 3.8) is 0 Å². The molecule has 0 aromatic heterocycles. The summed E-state index contributed by atoms with van der Waals surface area (Å²) in [4.78, 5) is 0. The fourth-order valence-electron chi connectivity index (χ4n) is 2.58. The van der Waals surface area contributed by atoms with Crippen molar-refractivity contribution in [1.82, 2.24) is 0 Å². The molecule has 3 atom stereocenters. The van der Waals surface area contributed by atoms with Crippen LogP contribution in [-0.4, -0.2) is 25.1 Å². The van der Waals surface area contributed by atoms with Crippen LogP contribution in [0.3, 0.4) is 0 Å². The quantitative estimate of drug-likeness (QED) is 0.381. The standard InChI is InChI=1S/C12H18O2/c1-3-13-9-12(14-4-2)8-10-5-6-11(12)7-10/h5-6,10-11H,3-4,7-8H2,1-2H3/t10-,11+,12-/m1/s1. The Morgan fingerprint density at radius 1 is 1.50 bits per heavy atom. The second kappa shape index (κ2) is 3.85. The zero-order valence-electron chi connectivity index (χ0n) is 8.95. The molecule has 0 aromatic carbocycles. The van der Waals surface area contributed by atoms with Crippen LogP contribution in [0, 0.1) is 11.8 Å². The van der Waals surface area contributed by atoms with Gasteiger partial charge in [-0.05, 0) is 31.6 Å². The first-order chi connectivity index (χ1) is 6.80. The lowest BCUT2D eigenvalue weighted by Gasteiger charge is -2.35. The van der Waals surface area contributed by atoms with Gasteiger partial charge >= 0.3 is 0 Å². The summed E-state index contributed by atoms with van der Waals surface area (Å²) in [5.41, 5.74) is -0.246. The van der Waals surface area contributed by atoms with Crippen LogP contribution in [0.15, 0.2) is 12.2 Å². The number of rotatable bonds is 4. The Balaban J connectivity index is 2.15. The van der Waals surface area contributed by atoms with E-state index in [1.165, 1.54) is 6.42 Å². The monoisotopic (exact) mass is 194 g/mol. The van der Waals surface area contributed by atoms with Crippen LogP contribution in [0.1, 0.15) is 26.7 Å². The molecule has 0 radical (unpaired) electrons. The smallest absolute Gasteiger partial charge is 0.215 e. The fraction of sp³-hybridized carbons (Fsp3) is 0.750. The Bertz CT molecular complexity index is 257. The Morgan fingerprint density at radius 3 is 2.86 bits per heavy atom. The first-order valence-electron chi connectivity index (χ1n) is 5.52. The van der Waals surface area contributed by atoms with E-state index in [9.17, 15) is 0 Å². The van der Waals surface area contributed by atoms with E-state index in [2.05, 4.69) is 18.4 Å². The summed E-state index contributed by atoms with van der Waals surface area (Å²) in [5.74, 6) is 1.17. The van der Waals surface area contributed by atoms with Crippen LogP contribution in [0.5, 0.6) is 0 Å². The van der Waals surface area contributed by atoms with E-state index in [4.69, 9.17) is 9.16 Å². The number of hydrogen-bond acceptors (Lipinski definition) is 1. The van der Waals surface area contributed by atoms with E-state index in [0.717, 1.165) is 13.0 Å². The van der Waals surface area contributed by atoms with Gasteiger partial charge in [-0.2, -0.15) is 0 Å². The molecular formula is C12H18O2. The predicted molar refractivity (Wildman–Crippen MR) is 55.9 cm³/mol. The Hall–Kier alpha value is -0.630. The molecule has 2 rings (SSSR count). The second-order valence-corrected chi connectivity index (χ2v) is 4.05. The minimum absolute atomic E-state index is 0.246. The Morgan fingerprint density at radius 2 is 2.36 bits per heavy atom. The highest BCUT2D eigenvalue weighted by molar-refractivity contribution is 5.67. The molecule has 2 nitrogen and oxygen atoms in total. The zero-order valence-corrected chi connectivity index (χ0v) is 8.95. The van der Waals surface area contributed by atoms with Gasteiger partial charge < -0.3 is 9.16 Å². The molecule has 2 aliphatic rings. The van der Waals surface area contributed by atoms with Crippen molar-refractivity contribution in [2.45, 2.75) is 32.3 Å². The van der Waals surface area contributed by atoms with E-state index in [0.29, 0.717) is 18.4 Å². The van der Waals surface area contributed by atoms with Crippen molar-refractivity contribution in [3.05, 3.63) is 12.2 Å². The molecule has 2 heteroatoms. The first kappa shape index (κ1) is 9.91. The molecule has 78 valence electrons. The topological polar surface area (TPSA) is 20.5 Å². The van der Waals surface area contributed by atoms with Gasteiger partial charge in [0.1, 0.15) is 0 Å². The van der Waals surface area contributed by atoms with Gasteiger partial charge in [0.2, 0.25) is 6.61 Å². The maximum absolute atomic E-state index is 5.84. The molecule has 2 aliphatic carbocycles. The minimum Gasteiger partial charge on any atom is -0.454 e. The number of fused-ring (bicyclic) bond motifs is 2. The molecular weight excluding hydrogens is 176 g/mol. The highest BCUT2D eigenvalue weighted by Gasteiger charge is 2.44. The lowest BCUT2D eigenvalue weighted by atomic mass is 9.89. The summed E-state index contributed by atoms with van der Waals surface area (Å²) >= 11 is 0. The zero-order chi connectivity index (χ0) is 10.0. The SMILES string of the molecule is CCO[C@@]1([C-]=[O+]CC)C[C@@H]2C=C[C@H]1C2. The number of ether oxygens (including phenoxy) is 1. The minimum atomic E-state index is -0.246. The van der Waals surface area contributed by atoms with E-state index >= 15 is 0 Å². The van der Waals surface area contributed by atoms with E-state index in [1.807, 2.05) is 13.8 Å². The van der Waals surface area contributed by atoms with Gasteiger partial charge in [-0.1, -0.05) is 12.2 Å². The molecule has 0 unspecified atom stereocenters. The largest absolute Gasteiger partial charge is 0.454 e. The maximum Gasteiger partial charge on any atom is 0.215 e. The Labute approximate surface area is 85.6 Å². The summed E-state index contributed by atoms with van der Waals surface area (Å²) in [6, 6.07) is 0. The van der Waals surface area contributed by atoms with Gasteiger partial charge in [-0.15, -0.1) is 0 Å². The fourth-order valence-corrected chi connectivity index (χ4v) is 2.58. The average molecular weight is 194 g/mol. The van der Waals surface area contributed by atoms with Crippen LogP contribution < -0.4 is 0 Å². The normalized spacial score (nSPS) is 40.1. The number of hydrogen-bond donors (Lipinski definition) is 0. The van der Waals surface area contributed by atoms with Gasteiger partial charge in [0.25, 0.3) is 0 Å². The van der Waals surface area contributed by atoms with Crippen molar-refractivity contribution in [1.29, 1.82) is 0 Å². The predicted octanol–water partition coefficient (Wildman–Crippen LogP) is 2.02. The van der Waals surface area contributed by atoms with E-state index in [-0.39, 0.29) is 5.60 Å². The molecule has 1 fully saturated rings. The summed E-state index contributed by atoms with van der Waals surface area (Å²) in [5, 5.41) is 0. The average Bonchev–Trinajstić information content (AvgIpc) is 2.75. The van der Waals surface area contributed by atoms with Gasteiger partial charge in [-0.25, -0.2) is 0 Å². The molecule has 0 heterocycles. The number of carbonyl (C=O) groups excluding carboxylic acids is 1. The lowest BCUT2D eigenvalue weighted by Crippen LogP contribution is -2.39. The van der Waals surface area contributed by atoms with E-state index < -0.39 is 0 Å². The second-order valence-electron chi connectivity index (χ2n) is 4.05. The third-order valence-electron chi connectivity index (χ3n) is 3.13. The molecule has 1 saturated carbocycles. The third kappa shape index (κ3) is 1.52. The molecule has 0 N–H and O–H groups in total. The van der Waals surface area contributed by atoms with Crippen LogP contribution in [0.25, 0.3) is 0 Å². The third-order valence-corrected chi connectivity index (χ3v) is 3.13. The maximum atomic E-state index is 5.84. The summed E-state index contributed by atoms with van der Waals surface area (Å²) in [6.07, 6.45) is 9.92. The molecule has 0 spiro atoms. The van der Waals surface area contributed by atoms with Gasteiger partial charge in [0, 0.05) is 25.4 Å². The van der Waals surface area contributed by atoms with Crippen molar-refractivity contribution in [3.8, 4) is 0 Å². The molecule has 2 bridgehead atoms. The number of allylic oxidation sites excluding steroid dienone is 1. The summed E-state index contributed by atoms with van der Waals surface area (Å²) in [7, 11) is 0. The van der Waals surface area contributed by atoms with Crippen molar-refractivity contribution in [2.24, 2.45) is 11.8 Å². The highest BCUT2D eigenvalue weighted by Crippen LogP contribution is 2.47.